The lowest BCUT2D eigenvalue weighted by molar-refractivity contribution is -0.274. The molecule has 32 heavy (non-hydrogen) atoms. The topological polar surface area (TPSA) is 88.2 Å². The number of amides is 1. The van der Waals surface area contributed by atoms with Crippen LogP contribution in [0.3, 0.4) is 0 Å². The highest BCUT2D eigenvalue weighted by Gasteiger charge is 2.31. The smallest absolute Gasteiger partial charge is 0.406 e. The number of carbonyl (C=O) groups is 1. The maximum atomic E-state index is 12.8. The Hall–Kier alpha value is -3.69. The number of aromatic nitrogens is 3. The molecule has 7 nitrogen and oxygen atoms in total. The number of nitrogens with zero attached hydrogens (tertiary/aromatic N) is 3. The Morgan fingerprint density at radius 2 is 1.88 bits per heavy atom. The second kappa shape index (κ2) is 8.81. The Labute approximate surface area is 180 Å². The van der Waals surface area contributed by atoms with Gasteiger partial charge in [-0.2, -0.15) is 0 Å². The maximum Gasteiger partial charge on any atom is 0.573 e. The van der Waals surface area contributed by atoms with Crippen LogP contribution in [-0.4, -0.2) is 45.2 Å². The lowest BCUT2D eigenvalue weighted by Gasteiger charge is -2.20. The van der Waals surface area contributed by atoms with Gasteiger partial charge in [0.1, 0.15) is 11.6 Å². The first-order chi connectivity index (χ1) is 15.3. The summed E-state index contributed by atoms with van der Waals surface area (Å²) in [5.74, 6) is -0.0809. The Kier molecular flexibility index (Phi) is 5.93. The number of hydrogen-bond acceptors (Lipinski definition) is 5. The quantitative estimate of drug-likeness (QED) is 0.669. The van der Waals surface area contributed by atoms with E-state index < -0.39 is 6.36 Å². The van der Waals surface area contributed by atoms with Gasteiger partial charge in [0.05, 0.1) is 12.1 Å². The molecule has 1 aliphatic heterocycles. The Balaban J connectivity index is 1.44. The highest BCUT2D eigenvalue weighted by Crippen LogP contribution is 2.23. The number of rotatable bonds is 4. The zero-order valence-corrected chi connectivity index (χ0v) is 16.9. The molecule has 0 atom stereocenters. The van der Waals surface area contributed by atoms with Crippen LogP contribution in [0.2, 0.25) is 0 Å². The zero-order valence-electron chi connectivity index (χ0n) is 16.9. The SMILES string of the molecule is O=C(Cc1ccc(OC(F)(F)F)cc1)N1CCc2nc(-c3cccnc3)[nH]c(=O)c2CC1. The molecule has 0 bridgehead atoms. The van der Waals surface area contributed by atoms with Crippen LogP contribution in [0.15, 0.2) is 53.6 Å². The molecular formula is C22H19F3N4O3. The van der Waals surface area contributed by atoms with E-state index in [-0.39, 0.29) is 23.6 Å². The molecule has 1 aromatic carbocycles. The molecule has 2 aromatic heterocycles. The van der Waals surface area contributed by atoms with E-state index in [2.05, 4.69) is 19.7 Å². The molecule has 0 radical (unpaired) electrons. The number of halogens is 3. The lowest BCUT2D eigenvalue weighted by Crippen LogP contribution is -2.34. The number of carbonyl (C=O) groups excluding carboxylic acids is 1. The van der Waals surface area contributed by atoms with E-state index in [0.29, 0.717) is 54.1 Å². The minimum atomic E-state index is -4.76. The minimum absolute atomic E-state index is 0.0351. The summed E-state index contributed by atoms with van der Waals surface area (Å²) < 4.78 is 40.7. The summed E-state index contributed by atoms with van der Waals surface area (Å²) in [5, 5.41) is 0. The standard InChI is InChI=1S/C22H19F3N4O3/c23-22(24,25)32-16-5-3-14(4-6-16)12-19(30)29-10-7-17-18(8-11-29)27-20(28-21(17)31)15-2-1-9-26-13-15/h1-6,9,13H,7-8,10-12H2,(H,27,28,31). The largest absolute Gasteiger partial charge is 0.573 e. The summed E-state index contributed by atoms with van der Waals surface area (Å²) in [6.45, 7) is 0.752. The van der Waals surface area contributed by atoms with E-state index in [0.717, 1.165) is 0 Å². The van der Waals surface area contributed by atoms with Gasteiger partial charge in [-0.15, -0.1) is 13.2 Å². The predicted molar refractivity (Wildman–Crippen MR) is 109 cm³/mol. The van der Waals surface area contributed by atoms with Crippen LogP contribution >= 0.6 is 0 Å². The van der Waals surface area contributed by atoms with Crippen LogP contribution in [0, 0.1) is 0 Å². The maximum absolute atomic E-state index is 12.8. The Morgan fingerprint density at radius 3 is 2.56 bits per heavy atom. The van der Waals surface area contributed by atoms with Gasteiger partial charge in [-0.1, -0.05) is 12.1 Å². The first kappa shape index (κ1) is 21.5. The average Bonchev–Trinajstić information content (AvgIpc) is 2.98. The molecule has 0 unspecified atom stereocenters. The number of fused-ring (bicyclic) bond motifs is 1. The van der Waals surface area contributed by atoms with Crippen molar-refractivity contribution < 1.29 is 22.7 Å². The number of pyridine rings is 1. The van der Waals surface area contributed by atoms with Gasteiger partial charge >= 0.3 is 6.36 Å². The van der Waals surface area contributed by atoms with Crippen molar-refractivity contribution in [2.45, 2.75) is 25.6 Å². The van der Waals surface area contributed by atoms with Crippen molar-refractivity contribution in [1.29, 1.82) is 0 Å². The number of ether oxygens (including phenoxy) is 1. The molecule has 0 fully saturated rings. The van der Waals surface area contributed by atoms with E-state index in [1.54, 1.807) is 29.4 Å². The van der Waals surface area contributed by atoms with E-state index in [9.17, 15) is 22.8 Å². The number of H-pyrrole nitrogens is 1. The second-order valence-corrected chi connectivity index (χ2v) is 7.33. The molecule has 1 N–H and O–H groups in total. The van der Waals surface area contributed by atoms with Crippen molar-refractivity contribution in [1.82, 2.24) is 19.9 Å². The third-order valence-electron chi connectivity index (χ3n) is 5.15. The van der Waals surface area contributed by atoms with E-state index in [4.69, 9.17) is 0 Å². The monoisotopic (exact) mass is 444 g/mol. The predicted octanol–water partition coefficient (Wildman–Crippen LogP) is 2.90. The fourth-order valence-corrected chi connectivity index (χ4v) is 3.59. The van der Waals surface area contributed by atoms with E-state index in [1.165, 1.54) is 24.3 Å². The van der Waals surface area contributed by atoms with Crippen LogP contribution < -0.4 is 10.3 Å². The number of benzene rings is 1. The summed E-state index contributed by atoms with van der Waals surface area (Å²) in [6, 6.07) is 8.77. The van der Waals surface area contributed by atoms with Crippen molar-refractivity contribution in [2.75, 3.05) is 13.1 Å². The van der Waals surface area contributed by atoms with Crippen LogP contribution in [0.4, 0.5) is 13.2 Å². The number of alkyl halides is 3. The summed E-state index contributed by atoms with van der Waals surface area (Å²) in [4.78, 5) is 38.4. The van der Waals surface area contributed by atoms with Gasteiger partial charge in [-0.25, -0.2) is 4.98 Å². The molecule has 0 saturated carbocycles. The summed E-state index contributed by atoms with van der Waals surface area (Å²) in [6.07, 6.45) is -0.687. The van der Waals surface area contributed by atoms with Crippen molar-refractivity contribution in [3.8, 4) is 17.1 Å². The third-order valence-corrected chi connectivity index (χ3v) is 5.15. The van der Waals surface area contributed by atoms with Gasteiger partial charge in [0.2, 0.25) is 5.91 Å². The second-order valence-electron chi connectivity index (χ2n) is 7.33. The van der Waals surface area contributed by atoms with Crippen molar-refractivity contribution in [3.05, 3.63) is 76.0 Å². The van der Waals surface area contributed by atoms with Gasteiger partial charge in [-0.05, 0) is 36.2 Å². The van der Waals surface area contributed by atoms with Crippen LogP contribution in [0.25, 0.3) is 11.4 Å². The molecule has 0 spiro atoms. The summed E-state index contributed by atoms with van der Waals surface area (Å²) >= 11 is 0. The van der Waals surface area contributed by atoms with Gasteiger partial charge in [0, 0.05) is 43.0 Å². The van der Waals surface area contributed by atoms with E-state index in [1.807, 2.05) is 0 Å². The van der Waals surface area contributed by atoms with Crippen LogP contribution in [0.5, 0.6) is 5.75 Å². The Morgan fingerprint density at radius 1 is 1.12 bits per heavy atom. The molecule has 4 rings (SSSR count). The fourth-order valence-electron chi connectivity index (χ4n) is 3.59. The number of aromatic amines is 1. The molecule has 0 saturated heterocycles. The molecule has 1 aliphatic rings. The molecule has 3 heterocycles. The highest BCUT2D eigenvalue weighted by molar-refractivity contribution is 5.79. The molecule has 166 valence electrons. The third kappa shape index (κ3) is 5.13. The number of hydrogen-bond donors (Lipinski definition) is 1. The van der Waals surface area contributed by atoms with Crippen molar-refractivity contribution >= 4 is 5.91 Å². The van der Waals surface area contributed by atoms with Gasteiger partial charge < -0.3 is 14.6 Å². The summed E-state index contributed by atoms with van der Waals surface area (Å²) in [5.41, 5.74) is 2.24. The first-order valence-corrected chi connectivity index (χ1v) is 9.93. The molecule has 10 heteroatoms. The lowest BCUT2D eigenvalue weighted by atomic mass is 10.1. The highest BCUT2D eigenvalue weighted by atomic mass is 19.4. The molecule has 1 amide bonds. The van der Waals surface area contributed by atoms with Gasteiger partial charge in [0.25, 0.3) is 5.56 Å². The van der Waals surface area contributed by atoms with Crippen molar-refractivity contribution in [2.24, 2.45) is 0 Å². The zero-order chi connectivity index (χ0) is 22.7. The van der Waals surface area contributed by atoms with Crippen LogP contribution in [0.1, 0.15) is 16.8 Å². The average molecular weight is 444 g/mol. The number of nitrogens with one attached hydrogen (secondary N) is 1. The molecule has 3 aromatic rings. The van der Waals surface area contributed by atoms with Crippen LogP contribution in [-0.2, 0) is 24.1 Å². The summed E-state index contributed by atoms with van der Waals surface area (Å²) in [7, 11) is 0. The fraction of sp³-hybridized carbons (Fsp3) is 0.273. The van der Waals surface area contributed by atoms with Gasteiger partial charge in [0.15, 0.2) is 0 Å². The normalized spacial score (nSPS) is 13.9. The van der Waals surface area contributed by atoms with E-state index >= 15 is 0 Å². The minimum Gasteiger partial charge on any atom is -0.406 e. The van der Waals surface area contributed by atoms with Crippen molar-refractivity contribution in [3.63, 3.8) is 0 Å². The van der Waals surface area contributed by atoms with Gasteiger partial charge in [-0.3, -0.25) is 14.6 Å². The molecular weight excluding hydrogens is 425 g/mol. The Bertz CT molecular complexity index is 1160. The molecule has 0 aliphatic carbocycles. The first-order valence-electron chi connectivity index (χ1n) is 9.93.